The Morgan fingerprint density at radius 2 is 2.12 bits per heavy atom. The largest absolute Gasteiger partial charge is 0.496 e. The van der Waals surface area contributed by atoms with Crippen molar-refractivity contribution >= 4 is 11.7 Å². The van der Waals surface area contributed by atoms with Crippen molar-refractivity contribution < 1.29 is 19.0 Å². The standard InChI is InChI=1S/C12H17NO4/c1-3-16-6-7-17-12(14)10-8-9(13)4-5-11(10)15-2/h4-5,8H,3,6-7,13H2,1-2H3. The molecule has 2 N–H and O–H groups in total. The van der Waals surface area contributed by atoms with E-state index in [0.717, 1.165) is 0 Å². The van der Waals surface area contributed by atoms with Crippen LogP contribution in [-0.4, -0.2) is 32.9 Å². The second kappa shape index (κ2) is 6.75. The van der Waals surface area contributed by atoms with Crippen LogP contribution < -0.4 is 10.5 Å². The number of esters is 1. The van der Waals surface area contributed by atoms with Crippen molar-refractivity contribution in [1.82, 2.24) is 0 Å². The molecule has 1 aromatic carbocycles. The molecule has 0 aliphatic carbocycles. The van der Waals surface area contributed by atoms with Crippen LogP contribution in [0.5, 0.6) is 5.75 Å². The number of hydrogen-bond acceptors (Lipinski definition) is 5. The summed E-state index contributed by atoms with van der Waals surface area (Å²) in [6.07, 6.45) is 0. The lowest BCUT2D eigenvalue weighted by Crippen LogP contribution is -2.12. The molecule has 0 saturated carbocycles. The predicted octanol–water partition coefficient (Wildman–Crippen LogP) is 1.47. The van der Waals surface area contributed by atoms with Crippen LogP contribution in [0.15, 0.2) is 18.2 Å². The normalized spacial score (nSPS) is 10.0. The number of nitrogen functional groups attached to an aromatic ring is 1. The monoisotopic (exact) mass is 239 g/mol. The highest BCUT2D eigenvalue weighted by molar-refractivity contribution is 5.93. The van der Waals surface area contributed by atoms with E-state index < -0.39 is 5.97 Å². The van der Waals surface area contributed by atoms with Crippen LogP contribution in [0.4, 0.5) is 5.69 Å². The van der Waals surface area contributed by atoms with Crippen LogP contribution >= 0.6 is 0 Å². The van der Waals surface area contributed by atoms with Crippen molar-refractivity contribution in [3.63, 3.8) is 0 Å². The zero-order valence-electron chi connectivity index (χ0n) is 10.1. The number of anilines is 1. The molecule has 17 heavy (non-hydrogen) atoms. The Morgan fingerprint density at radius 1 is 1.35 bits per heavy atom. The average Bonchev–Trinajstić information content (AvgIpc) is 2.34. The highest BCUT2D eigenvalue weighted by atomic mass is 16.6. The molecule has 0 heterocycles. The number of methoxy groups -OCH3 is 1. The molecule has 5 heteroatoms. The highest BCUT2D eigenvalue weighted by Crippen LogP contribution is 2.21. The predicted molar refractivity (Wildman–Crippen MR) is 64.2 cm³/mol. The second-order valence-electron chi connectivity index (χ2n) is 3.29. The molecule has 0 spiro atoms. The van der Waals surface area contributed by atoms with Gasteiger partial charge >= 0.3 is 5.97 Å². The average molecular weight is 239 g/mol. The zero-order chi connectivity index (χ0) is 12.7. The fraction of sp³-hybridized carbons (Fsp3) is 0.417. The van der Waals surface area contributed by atoms with E-state index in [9.17, 15) is 4.79 Å². The van der Waals surface area contributed by atoms with Gasteiger partial charge in [-0.2, -0.15) is 0 Å². The first-order valence-corrected chi connectivity index (χ1v) is 5.37. The van der Waals surface area contributed by atoms with Crippen molar-refractivity contribution in [3.8, 4) is 5.75 Å². The molecule has 0 radical (unpaired) electrons. The number of hydrogen-bond donors (Lipinski definition) is 1. The summed E-state index contributed by atoms with van der Waals surface area (Å²) in [5.41, 5.74) is 6.42. The minimum atomic E-state index is -0.464. The van der Waals surface area contributed by atoms with Crippen LogP contribution in [0.3, 0.4) is 0 Å². The van der Waals surface area contributed by atoms with E-state index in [1.54, 1.807) is 12.1 Å². The van der Waals surface area contributed by atoms with Crippen molar-refractivity contribution in [3.05, 3.63) is 23.8 Å². The van der Waals surface area contributed by atoms with Crippen molar-refractivity contribution in [2.45, 2.75) is 6.92 Å². The van der Waals surface area contributed by atoms with Crippen LogP contribution in [0.1, 0.15) is 17.3 Å². The Kier molecular flexibility index (Phi) is 5.29. The molecule has 0 atom stereocenters. The van der Waals surface area contributed by atoms with Crippen molar-refractivity contribution in [1.29, 1.82) is 0 Å². The summed E-state index contributed by atoms with van der Waals surface area (Å²) >= 11 is 0. The summed E-state index contributed by atoms with van der Waals surface area (Å²) < 4.78 is 15.2. The maximum absolute atomic E-state index is 11.7. The van der Waals surface area contributed by atoms with Gasteiger partial charge in [0, 0.05) is 12.3 Å². The third kappa shape index (κ3) is 3.96. The summed E-state index contributed by atoms with van der Waals surface area (Å²) in [5.74, 6) is -0.0190. The number of carbonyl (C=O) groups is 1. The first-order valence-electron chi connectivity index (χ1n) is 5.37. The smallest absolute Gasteiger partial charge is 0.342 e. The van der Waals surface area contributed by atoms with Crippen LogP contribution in [-0.2, 0) is 9.47 Å². The van der Waals surface area contributed by atoms with Crippen molar-refractivity contribution in [2.24, 2.45) is 0 Å². The summed E-state index contributed by atoms with van der Waals surface area (Å²) in [6.45, 7) is 3.07. The van der Waals surface area contributed by atoms with Crippen LogP contribution in [0.25, 0.3) is 0 Å². The Hall–Kier alpha value is -1.75. The summed E-state index contributed by atoms with van der Waals surface area (Å²) in [6, 6.07) is 4.83. The van der Waals surface area contributed by atoms with Gasteiger partial charge in [-0.15, -0.1) is 0 Å². The highest BCUT2D eigenvalue weighted by Gasteiger charge is 2.13. The molecular weight excluding hydrogens is 222 g/mol. The lowest BCUT2D eigenvalue weighted by molar-refractivity contribution is 0.0332. The van der Waals surface area contributed by atoms with Gasteiger partial charge in [-0.3, -0.25) is 0 Å². The number of nitrogens with two attached hydrogens (primary N) is 1. The van der Waals surface area contributed by atoms with Gasteiger partial charge in [-0.1, -0.05) is 0 Å². The number of benzene rings is 1. The molecule has 5 nitrogen and oxygen atoms in total. The molecule has 1 rings (SSSR count). The fourth-order valence-electron chi connectivity index (χ4n) is 1.30. The van der Waals surface area contributed by atoms with Gasteiger partial charge in [0.1, 0.15) is 17.9 Å². The Labute approximate surface area is 100 Å². The number of rotatable bonds is 6. The number of carbonyl (C=O) groups excluding carboxylic acids is 1. The third-order valence-corrected chi connectivity index (χ3v) is 2.11. The topological polar surface area (TPSA) is 70.8 Å². The van der Waals surface area contributed by atoms with Crippen LogP contribution in [0, 0.1) is 0 Å². The molecule has 0 aliphatic heterocycles. The summed E-state index contributed by atoms with van der Waals surface area (Å²) in [7, 11) is 1.49. The molecule has 0 amide bonds. The Morgan fingerprint density at radius 3 is 2.76 bits per heavy atom. The quantitative estimate of drug-likeness (QED) is 0.462. The first kappa shape index (κ1) is 13.3. The molecule has 0 fully saturated rings. The van der Waals surface area contributed by atoms with Gasteiger partial charge < -0.3 is 19.9 Å². The van der Waals surface area contributed by atoms with Crippen LogP contribution in [0.2, 0.25) is 0 Å². The summed E-state index contributed by atoms with van der Waals surface area (Å²) in [4.78, 5) is 11.7. The lowest BCUT2D eigenvalue weighted by atomic mass is 10.2. The molecule has 0 saturated heterocycles. The van der Waals surface area contributed by atoms with Gasteiger partial charge in [-0.25, -0.2) is 4.79 Å². The first-order chi connectivity index (χ1) is 8.19. The van der Waals surface area contributed by atoms with Gasteiger partial charge in [0.05, 0.1) is 13.7 Å². The molecule has 1 aromatic rings. The Balaban J connectivity index is 2.64. The number of ether oxygens (including phenoxy) is 3. The van der Waals surface area contributed by atoms with Gasteiger partial charge in [0.25, 0.3) is 0 Å². The lowest BCUT2D eigenvalue weighted by Gasteiger charge is -2.09. The molecular formula is C12H17NO4. The van der Waals surface area contributed by atoms with E-state index in [-0.39, 0.29) is 6.61 Å². The van der Waals surface area contributed by atoms with Crippen molar-refractivity contribution in [2.75, 3.05) is 32.7 Å². The molecule has 0 aliphatic rings. The zero-order valence-corrected chi connectivity index (χ0v) is 10.1. The van der Waals surface area contributed by atoms with Gasteiger partial charge in [-0.05, 0) is 25.1 Å². The SMILES string of the molecule is CCOCCOC(=O)c1cc(N)ccc1OC. The minimum Gasteiger partial charge on any atom is -0.496 e. The van der Waals surface area contributed by atoms with Gasteiger partial charge in [0.15, 0.2) is 0 Å². The minimum absolute atomic E-state index is 0.213. The summed E-state index contributed by atoms with van der Waals surface area (Å²) in [5, 5.41) is 0. The maximum Gasteiger partial charge on any atom is 0.342 e. The van der Waals surface area contributed by atoms with E-state index in [2.05, 4.69) is 0 Å². The van der Waals surface area contributed by atoms with E-state index >= 15 is 0 Å². The van der Waals surface area contributed by atoms with E-state index in [1.807, 2.05) is 6.92 Å². The van der Waals surface area contributed by atoms with E-state index in [1.165, 1.54) is 13.2 Å². The third-order valence-electron chi connectivity index (χ3n) is 2.11. The molecule has 94 valence electrons. The molecule has 0 unspecified atom stereocenters. The van der Waals surface area contributed by atoms with Gasteiger partial charge in [0.2, 0.25) is 0 Å². The van der Waals surface area contributed by atoms with E-state index in [4.69, 9.17) is 19.9 Å². The van der Waals surface area contributed by atoms with E-state index in [0.29, 0.717) is 30.2 Å². The fourth-order valence-corrected chi connectivity index (χ4v) is 1.30. The molecule has 0 bridgehead atoms. The second-order valence-corrected chi connectivity index (χ2v) is 3.29. The molecule has 0 aromatic heterocycles. The Bertz CT molecular complexity index is 379. The maximum atomic E-state index is 11.7.